The van der Waals surface area contributed by atoms with E-state index in [2.05, 4.69) is 20.6 Å². The van der Waals surface area contributed by atoms with Gasteiger partial charge in [0, 0.05) is 23.3 Å². The van der Waals surface area contributed by atoms with Crippen LogP contribution in [0.25, 0.3) is 0 Å². The first-order chi connectivity index (χ1) is 12.3. The standard InChI is InChI=1S/C16H27N5O2/c1-9-5-6-10(7-12(9)22)19-14-11(13(17)23)8-18-15(20-14)21-16(2,3)4/h8-10,12,22H,5-7H2,1-4H3,(H2,17,23)(H2,18,19,20,21)/i5D,6D,7D2. The molecule has 5 atom stereocenters. The van der Waals surface area contributed by atoms with Crippen LogP contribution in [0.5, 0.6) is 0 Å². The molecule has 1 aliphatic carbocycles. The van der Waals surface area contributed by atoms with Crippen molar-refractivity contribution in [2.24, 2.45) is 11.7 Å². The highest BCUT2D eigenvalue weighted by Crippen LogP contribution is 2.27. The Kier molecular flexibility index (Phi) is 3.65. The van der Waals surface area contributed by atoms with Gasteiger partial charge in [0.25, 0.3) is 5.91 Å². The van der Waals surface area contributed by atoms with Crippen LogP contribution in [0, 0.1) is 5.92 Å². The molecule has 0 saturated heterocycles. The summed E-state index contributed by atoms with van der Waals surface area (Å²) < 4.78 is 32.8. The molecule has 1 aromatic rings. The molecule has 0 radical (unpaired) electrons. The van der Waals surface area contributed by atoms with Crippen molar-refractivity contribution >= 4 is 17.7 Å². The smallest absolute Gasteiger partial charge is 0.254 e. The molecular formula is C16H27N5O2. The van der Waals surface area contributed by atoms with Gasteiger partial charge in [-0.25, -0.2) is 4.98 Å². The summed E-state index contributed by atoms with van der Waals surface area (Å²) in [5.74, 6) is -1.36. The fourth-order valence-electron chi connectivity index (χ4n) is 2.09. The van der Waals surface area contributed by atoms with Crippen LogP contribution in [0.4, 0.5) is 11.8 Å². The van der Waals surface area contributed by atoms with Crippen molar-refractivity contribution in [2.75, 3.05) is 10.6 Å². The number of carbonyl (C=O) groups is 1. The van der Waals surface area contributed by atoms with Crippen molar-refractivity contribution in [1.82, 2.24) is 9.97 Å². The number of carbonyl (C=O) groups excluding carboxylic acids is 1. The van der Waals surface area contributed by atoms with Crippen molar-refractivity contribution in [2.45, 2.75) is 64.5 Å². The molecule has 5 N–H and O–H groups in total. The number of nitrogens with zero attached hydrogens (tertiary/aromatic N) is 2. The van der Waals surface area contributed by atoms with Crippen LogP contribution < -0.4 is 16.4 Å². The minimum absolute atomic E-state index is 0.0377. The first-order valence-corrected chi connectivity index (χ1v) is 7.50. The summed E-state index contributed by atoms with van der Waals surface area (Å²) in [6.07, 6.45) is -4.62. The summed E-state index contributed by atoms with van der Waals surface area (Å²) in [7, 11) is 0. The maximum absolute atomic E-state index is 11.7. The van der Waals surface area contributed by atoms with Gasteiger partial charge < -0.3 is 21.5 Å². The lowest BCUT2D eigenvalue weighted by Crippen LogP contribution is -2.36. The van der Waals surface area contributed by atoms with E-state index in [4.69, 9.17) is 11.2 Å². The second kappa shape index (κ2) is 6.70. The van der Waals surface area contributed by atoms with Gasteiger partial charge in [-0.1, -0.05) is 6.92 Å². The zero-order valence-electron chi connectivity index (χ0n) is 17.8. The molecule has 1 aliphatic rings. The molecule has 7 nitrogen and oxygen atoms in total. The van der Waals surface area contributed by atoms with E-state index in [0.717, 1.165) is 0 Å². The fourth-order valence-corrected chi connectivity index (χ4v) is 2.09. The van der Waals surface area contributed by atoms with Crippen LogP contribution in [0.15, 0.2) is 6.20 Å². The third-order valence-corrected chi connectivity index (χ3v) is 3.29. The third-order valence-electron chi connectivity index (χ3n) is 3.29. The quantitative estimate of drug-likeness (QED) is 0.671. The fraction of sp³-hybridized carbons (Fsp3) is 0.688. The van der Waals surface area contributed by atoms with Crippen molar-refractivity contribution < 1.29 is 15.4 Å². The van der Waals surface area contributed by atoms with Gasteiger partial charge in [0.05, 0.1) is 11.7 Å². The van der Waals surface area contributed by atoms with Gasteiger partial charge >= 0.3 is 0 Å². The van der Waals surface area contributed by atoms with E-state index < -0.39 is 43.1 Å². The van der Waals surface area contributed by atoms with Crippen molar-refractivity contribution in [3.8, 4) is 0 Å². The Labute approximate surface area is 142 Å². The van der Waals surface area contributed by atoms with Crippen LogP contribution in [0.3, 0.4) is 0 Å². The first-order valence-electron chi connectivity index (χ1n) is 9.65. The van der Waals surface area contributed by atoms with E-state index in [9.17, 15) is 9.90 Å². The van der Waals surface area contributed by atoms with Gasteiger partial charge in [-0.05, 0) is 45.9 Å². The topological polar surface area (TPSA) is 113 Å². The largest absolute Gasteiger partial charge is 0.393 e. The molecule has 1 aromatic heterocycles. The van der Waals surface area contributed by atoms with E-state index in [0.29, 0.717) is 0 Å². The van der Waals surface area contributed by atoms with Gasteiger partial charge in [-0.2, -0.15) is 4.98 Å². The zero-order chi connectivity index (χ0) is 20.7. The molecule has 0 aromatic carbocycles. The summed E-state index contributed by atoms with van der Waals surface area (Å²) in [6.45, 7) is 7.23. The molecule has 5 unspecified atom stereocenters. The molecule has 0 bridgehead atoms. The summed E-state index contributed by atoms with van der Waals surface area (Å²) in [6, 6.07) is -1.26. The molecular weight excluding hydrogens is 294 g/mol. The van der Waals surface area contributed by atoms with Crippen molar-refractivity contribution in [1.29, 1.82) is 0 Å². The Hall–Kier alpha value is -1.89. The molecule has 1 saturated carbocycles. The van der Waals surface area contributed by atoms with Crippen LogP contribution in [0.1, 0.15) is 62.7 Å². The molecule has 1 fully saturated rings. The van der Waals surface area contributed by atoms with Crippen LogP contribution >= 0.6 is 0 Å². The summed E-state index contributed by atoms with van der Waals surface area (Å²) in [5.41, 5.74) is 4.95. The van der Waals surface area contributed by atoms with E-state index in [-0.39, 0.29) is 22.9 Å². The lowest BCUT2D eigenvalue weighted by Gasteiger charge is -2.32. The number of aliphatic hydroxyl groups excluding tert-OH is 1. The minimum atomic E-state index is -2.21. The van der Waals surface area contributed by atoms with Gasteiger partial charge in [0.15, 0.2) is 0 Å². The predicted octanol–water partition coefficient (Wildman–Crippen LogP) is 1.75. The third kappa shape index (κ3) is 4.79. The molecule has 0 aliphatic heterocycles. The lowest BCUT2D eigenvalue weighted by atomic mass is 9.85. The highest BCUT2D eigenvalue weighted by atomic mass is 16.3. The van der Waals surface area contributed by atoms with E-state index >= 15 is 0 Å². The Bertz CT molecular complexity index is 713. The van der Waals surface area contributed by atoms with Crippen molar-refractivity contribution in [3.05, 3.63) is 11.8 Å². The van der Waals surface area contributed by atoms with Gasteiger partial charge in [-0.3, -0.25) is 4.79 Å². The van der Waals surface area contributed by atoms with E-state index in [1.54, 1.807) is 6.92 Å². The average molecular weight is 325 g/mol. The van der Waals surface area contributed by atoms with Crippen molar-refractivity contribution in [3.63, 3.8) is 0 Å². The monoisotopic (exact) mass is 325 g/mol. The number of hydrogen-bond donors (Lipinski definition) is 4. The molecule has 0 spiro atoms. The highest BCUT2D eigenvalue weighted by molar-refractivity contribution is 5.97. The maximum Gasteiger partial charge on any atom is 0.254 e. The molecule has 23 heavy (non-hydrogen) atoms. The normalized spacial score (nSPS) is 36.1. The SMILES string of the molecule is [2H]C1C([2H])C(Nc2nc(NC(C)(C)C)ncc2C(N)=O)C([2H])([2H])C(O)C1C. The maximum atomic E-state index is 11.7. The number of aliphatic hydroxyl groups is 1. The number of aromatic nitrogens is 2. The molecule has 1 heterocycles. The average Bonchev–Trinajstić information content (AvgIpc) is 2.54. The second-order valence-corrected chi connectivity index (χ2v) is 6.67. The molecule has 1 amide bonds. The lowest BCUT2D eigenvalue weighted by molar-refractivity contribution is 0.0739. The number of nitrogens with two attached hydrogens (primary N) is 1. The first kappa shape index (κ1) is 12.5. The number of nitrogens with one attached hydrogen (secondary N) is 2. The second-order valence-electron chi connectivity index (χ2n) is 6.67. The van der Waals surface area contributed by atoms with Gasteiger partial charge in [0.2, 0.25) is 5.95 Å². The van der Waals surface area contributed by atoms with Crippen LogP contribution in [0.2, 0.25) is 0 Å². The summed E-state index contributed by atoms with van der Waals surface area (Å²) >= 11 is 0. The number of primary amides is 1. The highest BCUT2D eigenvalue weighted by Gasteiger charge is 2.27. The van der Waals surface area contributed by atoms with Crippen LogP contribution in [-0.2, 0) is 0 Å². The summed E-state index contributed by atoms with van der Waals surface area (Å²) in [4.78, 5) is 20.0. The Morgan fingerprint density at radius 1 is 1.48 bits per heavy atom. The van der Waals surface area contributed by atoms with Crippen LogP contribution in [-0.4, -0.2) is 38.7 Å². The predicted molar refractivity (Wildman–Crippen MR) is 90.4 cm³/mol. The minimum Gasteiger partial charge on any atom is -0.393 e. The molecule has 128 valence electrons. The molecule has 2 rings (SSSR count). The molecule has 7 heteroatoms. The number of anilines is 2. The van der Waals surface area contributed by atoms with Gasteiger partial charge in [-0.15, -0.1) is 0 Å². The number of amides is 1. The number of rotatable bonds is 4. The van der Waals surface area contributed by atoms with E-state index in [1.165, 1.54) is 6.20 Å². The Balaban J connectivity index is 2.44. The van der Waals surface area contributed by atoms with E-state index in [1.807, 2.05) is 20.8 Å². The Morgan fingerprint density at radius 2 is 2.17 bits per heavy atom. The zero-order valence-corrected chi connectivity index (χ0v) is 13.8. The number of hydrogen-bond acceptors (Lipinski definition) is 6. The summed E-state index contributed by atoms with van der Waals surface area (Å²) in [5, 5.41) is 16.1. The Morgan fingerprint density at radius 3 is 2.78 bits per heavy atom. The van der Waals surface area contributed by atoms with Gasteiger partial charge in [0.1, 0.15) is 5.82 Å².